The van der Waals surface area contributed by atoms with Gasteiger partial charge in [0.15, 0.2) is 0 Å². The van der Waals surface area contributed by atoms with Crippen LogP contribution in [0.2, 0.25) is 5.02 Å². The van der Waals surface area contributed by atoms with Crippen LogP contribution in [0.5, 0.6) is 0 Å². The molecule has 0 saturated heterocycles. The van der Waals surface area contributed by atoms with Crippen LogP contribution in [-0.4, -0.2) is 24.0 Å². The van der Waals surface area contributed by atoms with Gasteiger partial charge in [-0.25, -0.2) is 0 Å². The molecular weight excluding hydrogens is 379 g/mol. The number of alkyl halides is 3. The van der Waals surface area contributed by atoms with E-state index < -0.39 is 17.6 Å². The van der Waals surface area contributed by atoms with Crippen molar-refractivity contribution in [3.8, 4) is 0 Å². The van der Waals surface area contributed by atoms with E-state index in [-0.39, 0.29) is 17.3 Å². The van der Waals surface area contributed by atoms with Gasteiger partial charge in [-0.1, -0.05) is 29.8 Å². The maximum absolute atomic E-state index is 13.0. The molecule has 2 aromatic carbocycles. The first kappa shape index (κ1) is 19.3. The van der Waals surface area contributed by atoms with Gasteiger partial charge in [0.1, 0.15) is 0 Å². The molecule has 3 rings (SSSR count). The highest BCUT2D eigenvalue weighted by Crippen LogP contribution is 2.36. The van der Waals surface area contributed by atoms with Crippen LogP contribution in [0.25, 0.3) is 10.9 Å². The molecule has 8 heteroatoms. The highest BCUT2D eigenvalue weighted by molar-refractivity contribution is 6.30. The number of hydrogen-bond acceptors (Lipinski definition) is 2. The minimum atomic E-state index is -4.60. The number of anilines is 1. The molecule has 3 N–H and O–H groups in total. The number of benzene rings is 2. The van der Waals surface area contributed by atoms with Gasteiger partial charge in [-0.2, -0.15) is 13.2 Å². The van der Waals surface area contributed by atoms with E-state index in [1.54, 1.807) is 0 Å². The average molecular weight is 396 g/mol. The van der Waals surface area contributed by atoms with Gasteiger partial charge in [-0.3, -0.25) is 4.79 Å². The number of aromatic nitrogens is 1. The second-order valence-electron chi connectivity index (χ2n) is 6.02. The molecule has 0 fully saturated rings. The van der Waals surface area contributed by atoms with E-state index in [0.29, 0.717) is 13.0 Å². The number of nitrogens with one attached hydrogen (secondary N) is 3. The van der Waals surface area contributed by atoms with Gasteiger partial charge in [-0.05, 0) is 42.8 Å². The van der Waals surface area contributed by atoms with Crippen molar-refractivity contribution < 1.29 is 18.0 Å². The standard InChI is InChI=1S/C19H17ClF3N3O/c20-13-5-6-17(15(9-13)19(21,22)23)26-18(27)11-24-8-7-12-10-25-16-4-2-1-3-14(12)16/h1-6,9-10,24-25H,7-8,11H2,(H,26,27). The third-order valence-corrected chi connectivity index (χ3v) is 4.33. The Bertz CT molecular complexity index is 953. The zero-order valence-corrected chi connectivity index (χ0v) is 14.9. The van der Waals surface area contributed by atoms with Crippen molar-refractivity contribution in [3.63, 3.8) is 0 Å². The summed E-state index contributed by atoms with van der Waals surface area (Å²) >= 11 is 5.62. The number of amides is 1. The minimum Gasteiger partial charge on any atom is -0.361 e. The molecule has 1 aromatic heterocycles. The number of para-hydroxylation sites is 1. The molecule has 4 nitrogen and oxygen atoms in total. The number of carbonyl (C=O) groups excluding carboxylic acids is 1. The second-order valence-corrected chi connectivity index (χ2v) is 6.46. The Morgan fingerprint density at radius 1 is 1.15 bits per heavy atom. The van der Waals surface area contributed by atoms with Gasteiger partial charge in [-0.15, -0.1) is 0 Å². The number of halogens is 4. The number of fused-ring (bicyclic) bond motifs is 1. The summed E-state index contributed by atoms with van der Waals surface area (Å²) in [6, 6.07) is 11.1. The molecule has 0 atom stereocenters. The highest BCUT2D eigenvalue weighted by atomic mass is 35.5. The van der Waals surface area contributed by atoms with Gasteiger partial charge in [0.05, 0.1) is 17.8 Å². The van der Waals surface area contributed by atoms with Gasteiger partial charge < -0.3 is 15.6 Å². The monoisotopic (exact) mass is 395 g/mol. The van der Waals surface area contributed by atoms with Crippen LogP contribution in [0, 0.1) is 0 Å². The Morgan fingerprint density at radius 3 is 2.70 bits per heavy atom. The third-order valence-electron chi connectivity index (χ3n) is 4.09. The molecule has 1 amide bonds. The molecule has 3 aromatic rings. The van der Waals surface area contributed by atoms with Crippen LogP contribution in [-0.2, 0) is 17.4 Å². The molecule has 142 valence electrons. The Kier molecular flexibility index (Phi) is 5.72. The third kappa shape index (κ3) is 4.81. The molecule has 0 aliphatic rings. The summed E-state index contributed by atoms with van der Waals surface area (Å²) in [5.74, 6) is -0.554. The number of H-pyrrole nitrogens is 1. The van der Waals surface area contributed by atoms with Crippen LogP contribution >= 0.6 is 11.6 Å². The predicted molar refractivity (Wildman–Crippen MR) is 100.0 cm³/mol. The quantitative estimate of drug-likeness (QED) is 0.534. The fourth-order valence-electron chi connectivity index (χ4n) is 2.82. The average Bonchev–Trinajstić information content (AvgIpc) is 3.03. The van der Waals surface area contributed by atoms with E-state index in [9.17, 15) is 18.0 Å². The first-order valence-electron chi connectivity index (χ1n) is 8.27. The second kappa shape index (κ2) is 8.02. The van der Waals surface area contributed by atoms with Crippen LogP contribution in [0.4, 0.5) is 18.9 Å². The molecule has 0 aliphatic carbocycles. The largest absolute Gasteiger partial charge is 0.418 e. The van der Waals surface area contributed by atoms with Gasteiger partial charge in [0.2, 0.25) is 5.91 Å². The summed E-state index contributed by atoms with van der Waals surface area (Å²) in [6.07, 6.45) is -2.00. The van der Waals surface area contributed by atoms with E-state index in [0.717, 1.165) is 28.6 Å². The normalized spacial score (nSPS) is 11.7. The number of carbonyl (C=O) groups is 1. The van der Waals surface area contributed by atoms with E-state index in [1.807, 2.05) is 30.5 Å². The lowest BCUT2D eigenvalue weighted by molar-refractivity contribution is -0.137. The number of hydrogen-bond donors (Lipinski definition) is 3. The number of rotatable bonds is 6. The molecule has 0 radical (unpaired) electrons. The summed E-state index contributed by atoms with van der Waals surface area (Å²) in [6.45, 7) is 0.421. The van der Waals surface area contributed by atoms with Gasteiger partial charge in [0.25, 0.3) is 0 Å². The maximum atomic E-state index is 13.0. The number of aromatic amines is 1. The lowest BCUT2D eigenvalue weighted by atomic mass is 10.1. The SMILES string of the molecule is O=C(CNCCc1c[nH]c2ccccc12)Nc1ccc(Cl)cc1C(F)(F)F. The van der Waals surface area contributed by atoms with Crippen molar-refractivity contribution in [1.29, 1.82) is 0 Å². The van der Waals surface area contributed by atoms with Crippen molar-refractivity contribution in [1.82, 2.24) is 10.3 Å². The summed E-state index contributed by atoms with van der Waals surface area (Å²) < 4.78 is 39.1. The first-order chi connectivity index (χ1) is 12.8. The van der Waals surface area contributed by atoms with E-state index in [1.165, 1.54) is 6.07 Å². The molecule has 0 bridgehead atoms. The topological polar surface area (TPSA) is 56.9 Å². The van der Waals surface area contributed by atoms with Crippen molar-refractivity contribution >= 4 is 34.1 Å². The zero-order valence-electron chi connectivity index (χ0n) is 14.2. The molecular formula is C19H17ClF3N3O. The Labute approximate surface area is 158 Å². The van der Waals surface area contributed by atoms with Crippen LogP contribution in [0.3, 0.4) is 0 Å². The first-order valence-corrected chi connectivity index (χ1v) is 8.64. The summed E-state index contributed by atoms with van der Waals surface area (Å²) in [7, 11) is 0. The maximum Gasteiger partial charge on any atom is 0.418 e. The molecule has 0 spiro atoms. The van der Waals surface area contributed by atoms with E-state index >= 15 is 0 Å². The Morgan fingerprint density at radius 2 is 1.93 bits per heavy atom. The zero-order chi connectivity index (χ0) is 19.4. The van der Waals surface area contributed by atoms with Crippen molar-refractivity contribution in [2.24, 2.45) is 0 Å². The van der Waals surface area contributed by atoms with Crippen molar-refractivity contribution in [2.75, 3.05) is 18.4 Å². The molecule has 1 heterocycles. The van der Waals surface area contributed by atoms with E-state index in [4.69, 9.17) is 11.6 Å². The Balaban J connectivity index is 1.53. The summed E-state index contributed by atoms with van der Waals surface area (Å²) in [5.41, 5.74) is 0.862. The molecule has 0 saturated carbocycles. The van der Waals surface area contributed by atoms with Crippen LogP contribution in [0.1, 0.15) is 11.1 Å². The highest BCUT2D eigenvalue weighted by Gasteiger charge is 2.34. The lowest BCUT2D eigenvalue weighted by Gasteiger charge is -2.14. The predicted octanol–water partition coefficient (Wildman–Crippen LogP) is 4.61. The summed E-state index contributed by atoms with van der Waals surface area (Å²) in [5, 5.41) is 6.29. The lowest BCUT2D eigenvalue weighted by Crippen LogP contribution is -2.30. The fraction of sp³-hybridized carbons (Fsp3) is 0.211. The molecule has 0 unspecified atom stereocenters. The van der Waals surface area contributed by atoms with Crippen molar-refractivity contribution in [2.45, 2.75) is 12.6 Å². The minimum absolute atomic E-state index is 0.0443. The Hall–Kier alpha value is -2.51. The van der Waals surface area contributed by atoms with Gasteiger partial charge >= 0.3 is 6.18 Å². The fourth-order valence-corrected chi connectivity index (χ4v) is 2.99. The molecule has 0 aliphatic heterocycles. The molecule has 27 heavy (non-hydrogen) atoms. The van der Waals surface area contributed by atoms with E-state index in [2.05, 4.69) is 15.6 Å². The van der Waals surface area contributed by atoms with Crippen molar-refractivity contribution in [3.05, 3.63) is 64.8 Å². The van der Waals surface area contributed by atoms with Gasteiger partial charge in [0, 0.05) is 22.1 Å². The summed E-state index contributed by atoms with van der Waals surface area (Å²) in [4.78, 5) is 15.1. The van der Waals surface area contributed by atoms with Crippen LogP contribution in [0.15, 0.2) is 48.7 Å². The van der Waals surface area contributed by atoms with Crippen LogP contribution < -0.4 is 10.6 Å². The smallest absolute Gasteiger partial charge is 0.361 e.